The maximum absolute atomic E-state index is 14.1. The van der Waals surface area contributed by atoms with Gasteiger partial charge >= 0.3 is 0 Å². The first-order valence-electron chi connectivity index (χ1n) is 12.0. The Morgan fingerprint density at radius 1 is 0.757 bits per heavy atom. The van der Waals surface area contributed by atoms with E-state index in [2.05, 4.69) is 0 Å². The van der Waals surface area contributed by atoms with Crippen LogP contribution in [0.2, 0.25) is 0 Å². The number of ether oxygens (including phenoxy) is 1. The molecule has 0 N–H and O–H groups in total. The van der Waals surface area contributed by atoms with Gasteiger partial charge in [-0.3, -0.25) is 4.79 Å². The average molecular weight is 510 g/mol. The molecule has 1 heterocycles. The minimum Gasteiger partial charge on any atom is -0.497 e. The van der Waals surface area contributed by atoms with Gasteiger partial charge < -0.3 is 4.74 Å². The van der Waals surface area contributed by atoms with Crippen LogP contribution in [0.1, 0.15) is 28.2 Å². The summed E-state index contributed by atoms with van der Waals surface area (Å²) in [5.74, 6) is -0.217. The first-order valence-corrected chi connectivity index (χ1v) is 13.5. The van der Waals surface area contributed by atoms with Gasteiger partial charge in [-0.25, -0.2) is 12.7 Å². The molecule has 186 valence electrons. The van der Waals surface area contributed by atoms with Crippen molar-refractivity contribution in [1.29, 1.82) is 0 Å². The third kappa shape index (κ3) is 4.68. The van der Waals surface area contributed by atoms with E-state index in [-0.39, 0.29) is 17.4 Å². The number of aryl methyl sites for hydroxylation is 1. The van der Waals surface area contributed by atoms with Crippen LogP contribution in [0.15, 0.2) is 114 Å². The zero-order valence-electron chi connectivity index (χ0n) is 20.7. The lowest BCUT2D eigenvalue weighted by Gasteiger charge is -2.36. The Hall–Kier alpha value is -4.16. The minimum absolute atomic E-state index is 0.0120. The number of sulfonamides is 1. The lowest BCUT2D eigenvalue weighted by Crippen LogP contribution is -2.44. The highest BCUT2D eigenvalue weighted by Crippen LogP contribution is 2.44. The Bertz CT molecular complexity index is 1540. The second-order valence-electron chi connectivity index (χ2n) is 9.00. The van der Waals surface area contributed by atoms with Crippen molar-refractivity contribution < 1.29 is 17.9 Å². The molecule has 0 spiro atoms. The third-order valence-electron chi connectivity index (χ3n) is 6.68. The lowest BCUT2D eigenvalue weighted by atomic mass is 9.79. The summed E-state index contributed by atoms with van der Waals surface area (Å²) in [6.07, 6.45) is 0. The van der Waals surface area contributed by atoms with Gasteiger partial charge in [-0.15, -0.1) is 0 Å². The van der Waals surface area contributed by atoms with Gasteiger partial charge in [0.25, 0.3) is 15.9 Å². The van der Waals surface area contributed by atoms with Gasteiger partial charge in [0.2, 0.25) is 0 Å². The van der Waals surface area contributed by atoms with Crippen molar-refractivity contribution in [2.75, 3.05) is 13.7 Å². The molecule has 1 atom stereocenters. The molecular weight excluding hydrogens is 482 g/mol. The van der Waals surface area contributed by atoms with E-state index in [0.717, 1.165) is 26.6 Å². The molecule has 0 aromatic heterocycles. The van der Waals surface area contributed by atoms with Crippen molar-refractivity contribution in [2.24, 2.45) is 0 Å². The molecule has 4 aromatic rings. The Balaban J connectivity index is 1.77. The first-order chi connectivity index (χ1) is 17.9. The van der Waals surface area contributed by atoms with Crippen LogP contribution in [0, 0.1) is 6.92 Å². The van der Waals surface area contributed by atoms with Gasteiger partial charge in [-0.2, -0.15) is 0 Å². The van der Waals surface area contributed by atoms with E-state index in [1.165, 1.54) is 0 Å². The largest absolute Gasteiger partial charge is 0.497 e. The van der Waals surface area contributed by atoms with Crippen LogP contribution in [0.3, 0.4) is 0 Å². The van der Waals surface area contributed by atoms with Crippen molar-refractivity contribution in [3.63, 3.8) is 0 Å². The third-order valence-corrected chi connectivity index (χ3v) is 8.44. The Kier molecular flexibility index (Phi) is 6.68. The maximum atomic E-state index is 14.1. The molecule has 1 amide bonds. The molecule has 6 heteroatoms. The molecule has 5 nitrogen and oxygen atoms in total. The van der Waals surface area contributed by atoms with E-state index >= 15 is 0 Å². The number of carbonyl (C=O) groups excluding carboxylic acids is 1. The highest BCUT2D eigenvalue weighted by molar-refractivity contribution is 7.89. The van der Waals surface area contributed by atoms with E-state index in [9.17, 15) is 13.2 Å². The van der Waals surface area contributed by atoms with Crippen LogP contribution in [0.4, 0.5) is 0 Å². The number of rotatable bonds is 6. The number of benzene rings is 4. The molecule has 0 aliphatic carbocycles. The van der Waals surface area contributed by atoms with Gasteiger partial charge in [-0.05, 0) is 53.5 Å². The number of nitrogens with zero attached hydrogens (tertiary/aromatic N) is 1. The van der Waals surface area contributed by atoms with Crippen LogP contribution in [0.25, 0.3) is 11.1 Å². The quantitative estimate of drug-likeness (QED) is 0.323. The van der Waals surface area contributed by atoms with Crippen LogP contribution in [-0.4, -0.2) is 32.3 Å². The SMILES string of the molecule is COc1ccc(C2CN(S(=O)(=O)c3ccc(C)cc3)C(=O)C(c3ccccc3)=C2c2ccccc2)cc1. The molecule has 37 heavy (non-hydrogen) atoms. The van der Waals surface area contributed by atoms with Crippen LogP contribution in [0.5, 0.6) is 5.75 Å². The smallest absolute Gasteiger partial charge is 0.268 e. The highest BCUT2D eigenvalue weighted by atomic mass is 32.2. The fraction of sp³-hybridized carbons (Fsp3) is 0.129. The number of carbonyl (C=O) groups is 1. The molecule has 0 saturated carbocycles. The zero-order valence-corrected chi connectivity index (χ0v) is 21.5. The van der Waals surface area contributed by atoms with Gasteiger partial charge in [-0.1, -0.05) is 90.5 Å². The fourth-order valence-corrected chi connectivity index (χ4v) is 6.14. The number of amides is 1. The van der Waals surface area contributed by atoms with Crippen LogP contribution < -0.4 is 4.74 Å². The van der Waals surface area contributed by atoms with Gasteiger partial charge in [0.05, 0.1) is 17.6 Å². The molecule has 1 aliphatic rings. The Morgan fingerprint density at radius 3 is 1.89 bits per heavy atom. The predicted molar refractivity (Wildman–Crippen MR) is 146 cm³/mol. The minimum atomic E-state index is -4.10. The fourth-order valence-electron chi connectivity index (χ4n) is 4.75. The summed E-state index contributed by atoms with van der Waals surface area (Å²) < 4.78 is 34.1. The average Bonchev–Trinajstić information content (AvgIpc) is 2.94. The maximum Gasteiger partial charge on any atom is 0.268 e. The molecular formula is C31H27NO4S. The standard InChI is InChI=1S/C31H27NO4S/c1-22-13-19-27(20-14-22)37(34,35)32-21-28(23-15-17-26(36-2)18-16-23)29(24-9-5-3-6-10-24)30(31(32)33)25-11-7-4-8-12-25/h3-20,28H,21H2,1-2H3. The lowest BCUT2D eigenvalue weighted by molar-refractivity contribution is -0.121. The predicted octanol–water partition coefficient (Wildman–Crippen LogP) is 5.93. The topological polar surface area (TPSA) is 63.7 Å². The zero-order chi connectivity index (χ0) is 26.0. The second kappa shape index (κ2) is 10.1. The van der Waals surface area contributed by atoms with E-state index in [0.29, 0.717) is 16.9 Å². The molecule has 5 rings (SSSR count). The summed E-state index contributed by atoms with van der Waals surface area (Å²) in [7, 11) is -2.50. The number of methoxy groups -OCH3 is 1. The van der Waals surface area contributed by atoms with E-state index < -0.39 is 15.9 Å². The highest BCUT2D eigenvalue weighted by Gasteiger charge is 2.41. The molecule has 0 fully saturated rings. The molecule has 1 unspecified atom stereocenters. The summed E-state index contributed by atoms with van der Waals surface area (Å²) in [6.45, 7) is 1.88. The van der Waals surface area contributed by atoms with E-state index in [1.807, 2.05) is 91.9 Å². The summed E-state index contributed by atoms with van der Waals surface area (Å²) in [5, 5.41) is 0. The molecule has 4 aromatic carbocycles. The van der Waals surface area contributed by atoms with E-state index in [4.69, 9.17) is 4.74 Å². The monoisotopic (exact) mass is 509 g/mol. The Labute approximate surface area is 217 Å². The van der Waals surface area contributed by atoms with Gasteiger partial charge in [0, 0.05) is 12.5 Å². The molecule has 0 saturated heterocycles. The van der Waals surface area contributed by atoms with Crippen molar-refractivity contribution in [3.05, 3.63) is 131 Å². The molecule has 0 bridgehead atoms. The van der Waals surface area contributed by atoms with Crippen LogP contribution >= 0.6 is 0 Å². The molecule has 1 aliphatic heterocycles. The second-order valence-corrected chi connectivity index (χ2v) is 10.9. The van der Waals surface area contributed by atoms with Crippen molar-refractivity contribution >= 4 is 27.1 Å². The van der Waals surface area contributed by atoms with Crippen molar-refractivity contribution in [2.45, 2.75) is 17.7 Å². The molecule has 0 radical (unpaired) electrons. The Morgan fingerprint density at radius 2 is 1.32 bits per heavy atom. The summed E-state index contributed by atoms with van der Waals surface area (Å²) in [5.41, 5.74) is 4.57. The van der Waals surface area contributed by atoms with Crippen molar-refractivity contribution in [1.82, 2.24) is 4.31 Å². The van der Waals surface area contributed by atoms with Gasteiger partial charge in [0.15, 0.2) is 0 Å². The number of hydrogen-bond donors (Lipinski definition) is 0. The van der Waals surface area contributed by atoms with E-state index in [1.54, 1.807) is 31.4 Å². The van der Waals surface area contributed by atoms with Crippen molar-refractivity contribution in [3.8, 4) is 5.75 Å². The summed E-state index contributed by atoms with van der Waals surface area (Å²) in [4.78, 5) is 14.2. The van der Waals surface area contributed by atoms with Gasteiger partial charge in [0.1, 0.15) is 5.75 Å². The summed E-state index contributed by atoms with van der Waals surface area (Å²) in [6, 6.07) is 33.2. The first kappa shape index (κ1) is 24.5. The summed E-state index contributed by atoms with van der Waals surface area (Å²) >= 11 is 0. The number of hydrogen-bond acceptors (Lipinski definition) is 4. The van der Waals surface area contributed by atoms with Crippen LogP contribution in [-0.2, 0) is 14.8 Å². The normalized spacial score (nSPS) is 16.1.